The predicted molar refractivity (Wildman–Crippen MR) is 136 cm³/mol. The summed E-state index contributed by atoms with van der Waals surface area (Å²) in [6.45, 7) is 2.51. The fourth-order valence-corrected chi connectivity index (χ4v) is 4.69. The summed E-state index contributed by atoms with van der Waals surface area (Å²) in [5, 5.41) is 22.8. The Labute approximate surface area is 199 Å². The molecule has 0 aliphatic carbocycles. The molecule has 2 heterocycles. The van der Waals surface area contributed by atoms with E-state index in [1.807, 2.05) is 42.5 Å². The van der Waals surface area contributed by atoms with Gasteiger partial charge in [-0.15, -0.1) is 10.2 Å². The van der Waals surface area contributed by atoms with Crippen molar-refractivity contribution in [3.63, 3.8) is 0 Å². The van der Waals surface area contributed by atoms with Crippen LogP contribution < -0.4 is 5.32 Å². The highest BCUT2D eigenvalue weighted by Gasteiger charge is 2.18. The first-order valence-electron chi connectivity index (χ1n) is 9.68. The largest absolute Gasteiger partial charge is 0.493 e. The van der Waals surface area contributed by atoms with Gasteiger partial charge in [-0.25, -0.2) is 4.39 Å². The molecule has 0 bridgehead atoms. The number of hydrogen-bond acceptors (Lipinski definition) is 3. The molecule has 5 nitrogen and oxygen atoms in total. The molecule has 1 unspecified atom stereocenters. The van der Waals surface area contributed by atoms with Gasteiger partial charge >= 0.3 is 0 Å². The topological polar surface area (TPSA) is 61.9 Å². The van der Waals surface area contributed by atoms with Crippen molar-refractivity contribution in [2.45, 2.75) is 6.54 Å². The zero-order chi connectivity index (χ0) is 22.7. The summed E-state index contributed by atoms with van der Waals surface area (Å²) in [6, 6.07) is 12.0. The summed E-state index contributed by atoms with van der Waals surface area (Å²) >= 11 is 8.82. The van der Waals surface area contributed by atoms with Gasteiger partial charge in [-0.2, -0.15) is 0 Å². The van der Waals surface area contributed by atoms with Crippen LogP contribution in [-0.4, -0.2) is 21.5 Å². The van der Waals surface area contributed by atoms with Crippen molar-refractivity contribution < 1.29 is 9.50 Å². The molecule has 4 rings (SSSR count). The zero-order valence-corrected chi connectivity index (χ0v) is 20.3. The molecule has 162 valence electrons. The number of benzene rings is 2. The lowest BCUT2D eigenvalue weighted by Crippen LogP contribution is -2.16. The van der Waals surface area contributed by atoms with Crippen LogP contribution in [0.5, 0.6) is 5.88 Å². The molecule has 9 heteroatoms. The van der Waals surface area contributed by atoms with Crippen molar-refractivity contribution in [3.8, 4) is 5.88 Å². The molecule has 2 aromatic carbocycles. The van der Waals surface area contributed by atoms with Crippen molar-refractivity contribution in [1.29, 1.82) is 0 Å². The Balaban J connectivity index is 1.66. The third-order valence-corrected chi connectivity index (χ3v) is 7.06. The fraction of sp³-hybridized carbons (Fsp3) is 0.0870. The molecule has 1 atom stereocenters. The van der Waals surface area contributed by atoms with Gasteiger partial charge in [-0.05, 0) is 60.9 Å². The van der Waals surface area contributed by atoms with Gasteiger partial charge in [0, 0.05) is 15.6 Å². The molecule has 3 aromatic rings. The smallest absolute Gasteiger partial charge is 0.221 e. The predicted octanol–water partition coefficient (Wildman–Crippen LogP) is 7.29. The normalized spacial score (nSPS) is 15.8. The van der Waals surface area contributed by atoms with E-state index in [1.54, 1.807) is 10.6 Å². The first-order chi connectivity index (χ1) is 15.4. The van der Waals surface area contributed by atoms with E-state index >= 15 is 0 Å². The molecular weight excluding hydrogens is 510 g/mol. The van der Waals surface area contributed by atoms with Crippen LogP contribution in [0.25, 0.3) is 10.9 Å². The first-order valence-corrected chi connectivity index (χ1v) is 12.8. The standard InChI is InChI=1S/C23H19BrFN4OPS/c1-31-11-4-6-17(10-12-31)26-23(32)28-27-21-18-13-16(25)8-9-20(18)29(22(21)30)14-15-5-2-3-7-19(15)24/h2-13,30H,14H2,1H3,(H,26,32). The molecule has 0 saturated heterocycles. The third kappa shape index (κ3) is 5.04. The number of azo groups is 1. The Morgan fingerprint density at radius 2 is 2.06 bits per heavy atom. The number of aromatic hydroxyl groups is 1. The minimum atomic E-state index is -0.427. The van der Waals surface area contributed by atoms with E-state index in [0.29, 0.717) is 17.4 Å². The van der Waals surface area contributed by atoms with Crippen LogP contribution in [0.4, 0.5) is 10.1 Å². The van der Waals surface area contributed by atoms with Crippen molar-refractivity contribution >= 4 is 57.8 Å². The Morgan fingerprint density at radius 3 is 2.88 bits per heavy atom. The molecular formula is C23H19BrFN4OPS. The van der Waals surface area contributed by atoms with Crippen LogP contribution in [0.2, 0.25) is 0 Å². The molecule has 0 spiro atoms. The maximum Gasteiger partial charge on any atom is 0.221 e. The second-order valence-corrected chi connectivity index (χ2v) is 10.3. The highest BCUT2D eigenvalue weighted by molar-refractivity contribution is 9.10. The number of fused-ring (bicyclic) bond motifs is 1. The maximum absolute atomic E-state index is 14.0. The minimum Gasteiger partial charge on any atom is -0.493 e. The minimum absolute atomic E-state index is 0.110. The summed E-state index contributed by atoms with van der Waals surface area (Å²) in [7, 11) is -0.287. The van der Waals surface area contributed by atoms with Crippen LogP contribution in [-0.2, 0) is 6.54 Å². The summed E-state index contributed by atoms with van der Waals surface area (Å²) in [5.41, 5.74) is 2.56. The van der Waals surface area contributed by atoms with E-state index in [0.717, 1.165) is 15.7 Å². The maximum atomic E-state index is 14.0. The lowest BCUT2D eigenvalue weighted by atomic mass is 10.2. The number of thiocarbonyl (C=S) groups is 1. The highest BCUT2D eigenvalue weighted by Crippen LogP contribution is 2.40. The highest BCUT2D eigenvalue weighted by atomic mass is 79.9. The van der Waals surface area contributed by atoms with Crippen molar-refractivity contribution in [2.24, 2.45) is 10.2 Å². The molecule has 1 aromatic heterocycles. The molecule has 32 heavy (non-hydrogen) atoms. The summed E-state index contributed by atoms with van der Waals surface area (Å²) in [5.74, 6) is 3.68. The van der Waals surface area contributed by atoms with Crippen LogP contribution in [0.1, 0.15) is 5.56 Å². The number of halogens is 2. The number of rotatable bonds is 4. The fourth-order valence-electron chi connectivity index (χ4n) is 3.26. The number of hydrogen-bond donors (Lipinski definition) is 2. The van der Waals surface area contributed by atoms with Gasteiger partial charge in [-0.3, -0.25) is 0 Å². The van der Waals surface area contributed by atoms with E-state index in [2.05, 4.69) is 49.8 Å². The van der Waals surface area contributed by atoms with Crippen molar-refractivity contribution in [3.05, 3.63) is 93.9 Å². The Bertz CT molecular complexity index is 1310. The average Bonchev–Trinajstić information content (AvgIpc) is 2.88. The van der Waals surface area contributed by atoms with Crippen molar-refractivity contribution in [1.82, 2.24) is 9.88 Å². The monoisotopic (exact) mass is 528 g/mol. The Morgan fingerprint density at radius 1 is 1.25 bits per heavy atom. The number of nitrogens with one attached hydrogen (secondary N) is 1. The second-order valence-electron chi connectivity index (χ2n) is 7.09. The van der Waals surface area contributed by atoms with Gasteiger partial charge < -0.3 is 15.0 Å². The third-order valence-electron chi connectivity index (χ3n) is 4.84. The Kier molecular flexibility index (Phi) is 6.94. The van der Waals surface area contributed by atoms with Crippen LogP contribution in [0.3, 0.4) is 0 Å². The molecule has 2 N–H and O–H groups in total. The van der Waals surface area contributed by atoms with Crippen LogP contribution in [0.15, 0.2) is 92.7 Å². The summed E-state index contributed by atoms with van der Waals surface area (Å²) in [4.78, 5) is 0. The number of allylic oxidation sites excluding steroid dienone is 3. The van der Waals surface area contributed by atoms with Gasteiger partial charge in [0.15, 0.2) is 5.69 Å². The first kappa shape index (κ1) is 22.5. The van der Waals surface area contributed by atoms with E-state index in [1.165, 1.54) is 12.1 Å². The van der Waals surface area contributed by atoms with Gasteiger partial charge in [-0.1, -0.05) is 59.8 Å². The SMILES string of the molecule is CP1C=CC=C(NC(=S)N=Nc2c(O)n(Cc3ccccc3Br)c3ccc(F)cc23)C=C1. The van der Waals surface area contributed by atoms with E-state index < -0.39 is 5.82 Å². The molecule has 0 amide bonds. The van der Waals surface area contributed by atoms with Crippen molar-refractivity contribution in [2.75, 3.05) is 6.66 Å². The Hall–Kier alpha value is -2.67. The quantitative estimate of drug-likeness (QED) is 0.212. The number of nitrogens with zero attached hydrogens (tertiary/aromatic N) is 3. The molecule has 0 saturated carbocycles. The van der Waals surface area contributed by atoms with E-state index in [-0.39, 0.29) is 24.6 Å². The zero-order valence-electron chi connectivity index (χ0n) is 17.0. The summed E-state index contributed by atoms with van der Waals surface area (Å²) < 4.78 is 16.6. The lowest BCUT2D eigenvalue weighted by molar-refractivity contribution is 0.429. The van der Waals surface area contributed by atoms with Crippen LogP contribution >= 0.6 is 36.1 Å². The summed E-state index contributed by atoms with van der Waals surface area (Å²) in [6.07, 6.45) is 5.82. The number of aromatic nitrogens is 1. The second kappa shape index (κ2) is 9.86. The van der Waals surface area contributed by atoms with E-state index in [4.69, 9.17) is 12.2 Å². The van der Waals surface area contributed by atoms with E-state index in [9.17, 15) is 9.50 Å². The van der Waals surface area contributed by atoms with Crippen LogP contribution in [0, 0.1) is 5.82 Å². The van der Waals surface area contributed by atoms with Gasteiger partial charge in [0.2, 0.25) is 11.0 Å². The average molecular weight is 529 g/mol. The van der Waals surface area contributed by atoms with Gasteiger partial charge in [0.1, 0.15) is 5.82 Å². The molecule has 0 fully saturated rings. The van der Waals surface area contributed by atoms with Gasteiger partial charge in [0.25, 0.3) is 0 Å². The molecule has 1 aliphatic heterocycles. The van der Waals surface area contributed by atoms with Gasteiger partial charge in [0.05, 0.1) is 12.1 Å². The molecule has 0 radical (unpaired) electrons. The molecule has 1 aliphatic rings. The lowest BCUT2D eigenvalue weighted by Gasteiger charge is -2.09.